The van der Waals surface area contributed by atoms with E-state index in [4.69, 9.17) is 0 Å². The maximum Gasteiger partial charge on any atom is 0.0196 e. The maximum absolute atomic E-state index is 2.16. The first-order valence-electron chi connectivity index (χ1n) is 0.796. The predicted octanol–water partition coefficient (Wildman–Crippen LogP) is -1.40. The second-order valence-electron chi connectivity index (χ2n) is 0.218. The van der Waals surface area contributed by atoms with E-state index < -0.39 is 0 Å². The zero-order valence-electron chi connectivity index (χ0n) is 3.04. The largest absolute Gasteiger partial charge is 1.00 e. The summed E-state index contributed by atoms with van der Waals surface area (Å²) >= 11 is 2.16. The van der Waals surface area contributed by atoms with Gasteiger partial charge in [0, 0.05) is 23.9 Å². The van der Waals surface area contributed by atoms with Crippen LogP contribution in [-0.2, 0) is 19.5 Å². The van der Waals surface area contributed by atoms with Gasteiger partial charge in [-0.05, 0) is 0 Å². The molecule has 0 fully saturated rings. The van der Waals surface area contributed by atoms with Crippen molar-refractivity contribution >= 4 is 22.6 Å². The molecule has 0 aliphatic rings. The van der Waals surface area contributed by atoms with E-state index in [1.807, 2.05) is 11.4 Å². The molecule has 1 radical (unpaired) electrons. The Morgan fingerprint density at radius 1 is 1.60 bits per heavy atom. The Labute approximate surface area is 76.4 Å². The van der Waals surface area contributed by atoms with Gasteiger partial charge in [0.15, 0.2) is 0 Å². The van der Waals surface area contributed by atoms with Gasteiger partial charge >= 0.3 is 0 Å². The summed E-state index contributed by atoms with van der Waals surface area (Å²) in [5.74, 6) is 0. The number of halogens is 2. The molecule has 0 aliphatic carbocycles. The quantitative estimate of drug-likeness (QED) is 0.374. The summed E-state index contributed by atoms with van der Waals surface area (Å²) in [6, 6.07) is 0. The van der Waals surface area contributed by atoms with Gasteiger partial charge in [0.25, 0.3) is 0 Å². The van der Waals surface area contributed by atoms with Crippen molar-refractivity contribution in [3.8, 4) is 0 Å². The smallest absolute Gasteiger partial charge is 0.0196 e. The molecule has 0 unspecified atom stereocenters. The molecule has 0 aromatic carbocycles. The van der Waals surface area contributed by atoms with Crippen molar-refractivity contribution in [2.45, 2.75) is 6.92 Å². The van der Waals surface area contributed by atoms with Crippen LogP contribution in [0.4, 0.5) is 0 Å². The molecule has 3 heteroatoms. The first kappa shape index (κ1) is 15.7. The topological polar surface area (TPSA) is 0 Å². The van der Waals surface area contributed by atoms with Gasteiger partial charge in [-0.25, -0.2) is 0 Å². The maximum atomic E-state index is 2.16. The Hall–Kier alpha value is 2.08. The summed E-state index contributed by atoms with van der Waals surface area (Å²) in [5.41, 5.74) is 0. The minimum atomic E-state index is 0. The van der Waals surface area contributed by atoms with Crippen LogP contribution in [0, 0.1) is 4.43 Å². The van der Waals surface area contributed by atoms with Gasteiger partial charge in [-0.1, -0.05) is 29.5 Å². The van der Waals surface area contributed by atoms with Crippen molar-refractivity contribution in [3.05, 3.63) is 4.43 Å². The molecule has 0 aromatic rings. The van der Waals surface area contributed by atoms with Crippen LogP contribution in [0.1, 0.15) is 6.92 Å². The minimum Gasteiger partial charge on any atom is -1.00 e. The van der Waals surface area contributed by atoms with Gasteiger partial charge in [0.05, 0.1) is 0 Å². The Morgan fingerprint density at radius 2 is 1.60 bits per heavy atom. The van der Waals surface area contributed by atoms with Crippen molar-refractivity contribution < 1.29 is 43.5 Å². The molecule has 0 spiro atoms. The third kappa shape index (κ3) is 23.4. The molecule has 0 saturated heterocycles. The number of hydrogen-bond acceptors (Lipinski definition) is 0. The first-order chi connectivity index (χ1) is 1.41. The molecule has 0 aliphatic heterocycles. The Balaban J connectivity index is -0.0000000200. The van der Waals surface area contributed by atoms with Crippen LogP contribution >= 0.6 is 22.6 Å². The minimum absolute atomic E-state index is 0. The molecule has 0 N–H and O–H groups in total. The van der Waals surface area contributed by atoms with Crippen molar-refractivity contribution in [3.63, 3.8) is 0 Å². The molecule has 29 valence electrons. The molecule has 0 nitrogen and oxygen atoms in total. The molecule has 0 rings (SSSR count). The summed E-state index contributed by atoms with van der Waals surface area (Å²) in [6.07, 6.45) is 0. The molecular formula is C2H4I2Zn-. The van der Waals surface area contributed by atoms with Gasteiger partial charge in [-0.15, -0.1) is 0 Å². The number of rotatable bonds is 0. The Morgan fingerprint density at radius 3 is 1.60 bits per heavy atom. The van der Waals surface area contributed by atoms with E-state index in [0.717, 1.165) is 0 Å². The van der Waals surface area contributed by atoms with Crippen molar-refractivity contribution in [2.75, 3.05) is 0 Å². The molecule has 0 amide bonds. The van der Waals surface area contributed by atoms with Crippen LogP contribution in [0.3, 0.4) is 0 Å². The van der Waals surface area contributed by atoms with Crippen LogP contribution < -0.4 is 24.0 Å². The standard InChI is InChI=1S/C2H4I.HI.Zn/c1-2-3;;/h2H,1H3;1H;/p-1. The van der Waals surface area contributed by atoms with Crippen LogP contribution in [0.15, 0.2) is 0 Å². The first-order valence-corrected chi connectivity index (χ1v) is 2.04. The predicted molar refractivity (Wildman–Crippen MR) is 24.0 cm³/mol. The Bertz CT molecular complexity index is 7.61. The normalized spacial score (nSPS) is 3.60. The van der Waals surface area contributed by atoms with Gasteiger partial charge < -0.3 is 24.0 Å². The van der Waals surface area contributed by atoms with E-state index >= 15 is 0 Å². The average Bonchev–Trinajstić information content (AvgIpc) is 0.918. The summed E-state index contributed by atoms with van der Waals surface area (Å²) in [7, 11) is 0. The second kappa shape index (κ2) is 16.5. The van der Waals surface area contributed by atoms with Crippen LogP contribution in [0.2, 0.25) is 0 Å². The van der Waals surface area contributed by atoms with Crippen molar-refractivity contribution in [1.29, 1.82) is 0 Å². The van der Waals surface area contributed by atoms with E-state index in [2.05, 4.69) is 22.6 Å². The SMILES string of the molecule is C[CH]I.[I-].[Zn]. The molecular weight excluding hydrogens is 343 g/mol. The third-order valence-corrected chi connectivity index (χ3v) is 0. The molecule has 0 atom stereocenters. The van der Waals surface area contributed by atoms with Crippen LogP contribution in [0.5, 0.6) is 0 Å². The molecule has 0 bridgehead atoms. The fourth-order valence-corrected chi connectivity index (χ4v) is 0. The van der Waals surface area contributed by atoms with Crippen molar-refractivity contribution in [2.24, 2.45) is 0 Å². The van der Waals surface area contributed by atoms with E-state index in [1.165, 1.54) is 0 Å². The number of hydrogen-bond donors (Lipinski definition) is 0. The zero-order chi connectivity index (χ0) is 2.71. The van der Waals surface area contributed by atoms with Gasteiger partial charge in [-0.3, -0.25) is 0 Å². The summed E-state index contributed by atoms with van der Waals surface area (Å²) in [4.78, 5) is 0. The summed E-state index contributed by atoms with van der Waals surface area (Å²) < 4.78 is 1.97. The van der Waals surface area contributed by atoms with E-state index in [0.29, 0.717) is 0 Å². The van der Waals surface area contributed by atoms with Gasteiger partial charge in [0.2, 0.25) is 0 Å². The third-order valence-electron chi connectivity index (χ3n) is 0. The average molecular weight is 347 g/mol. The summed E-state index contributed by atoms with van der Waals surface area (Å²) in [5, 5.41) is 0. The van der Waals surface area contributed by atoms with Crippen molar-refractivity contribution in [1.82, 2.24) is 0 Å². The Kier molecular flexibility index (Phi) is 52.0. The fourth-order valence-electron chi connectivity index (χ4n) is 0. The van der Waals surface area contributed by atoms with Crippen LogP contribution in [0.25, 0.3) is 0 Å². The monoisotopic (exact) mass is 346 g/mol. The van der Waals surface area contributed by atoms with E-state index in [-0.39, 0.29) is 43.5 Å². The molecule has 5 heavy (non-hydrogen) atoms. The fraction of sp³-hybridized carbons (Fsp3) is 0.500. The second-order valence-corrected chi connectivity index (χ2v) is 1.46. The van der Waals surface area contributed by atoms with Gasteiger partial charge in [0.1, 0.15) is 0 Å². The molecule has 0 heterocycles. The van der Waals surface area contributed by atoms with Gasteiger partial charge in [-0.2, -0.15) is 0 Å². The molecule has 0 aromatic heterocycles. The van der Waals surface area contributed by atoms with E-state index in [1.54, 1.807) is 0 Å². The molecule has 0 saturated carbocycles. The summed E-state index contributed by atoms with van der Waals surface area (Å²) in [6.45, 7) is 1.99. The van der Waals surface area contributed by atoms with Crippen LogP contribution in [-0.4, -0.2) is 0 Å². The zero-order valence-corrected chi connectivity index (χ0v) is 10.3. The van der Waals surface area contributed by atoms with E-state index in [9.17, 15) is 0 Å².